The van der Waals surface area contributed by atoms with E-state index in [9.17, 15) is 4.79 Å². The van der Waals surface area contributed by atoms with E-state index in [0.29, 0.717) is 43.6 Å². The summed E-state index contributed by atoms with van der Waals surface area (Å²) in [6.45, 7) is 0.901. The fourth-order valence-corrected chi connectivity index (χ4v) is 4.47. The lowest BCUT2D eigenvalue weighted by atomic mass is 10.2. The molecule has 0 unspecified atom stereocenters. The molecule has 0 saturated carbocycles. The van der Waals surface area contributed by atoms with E-state index in [0.717, 1.165) is 10.2 Å². The van der Waals surface area contributed by atoms with Crippen molar-refractivity contribution in [1.29, 1.82) is 0 Å². The number of aromatic nitrogens is 1. The molecule has 0 atom stereocenters. The summed E-state index contributed by atoms with van der Waals surface area (Å²) in [4.78, 5) is 17.3. The van der Waals surface area contributed by atoms with Crippen molar-refractivity contribution in [3.8, 4) is 0 Å². The number of thiazole rings is 1. The second kappa shape index (κ2) is 8.30. The maximum absolute atomic E-state index is 12.6. The molecule has 0 aliphatic rings. The molecule has 0 saturated heterocycles. The Bertz CT molecular complexity index is 1040. The summed E-state index contributed by atoms with van der Waals surface area (Å²) in [5, 5.41) is 1.59. The van der Waals surface area contributed by atoms with Gasteiger partial charge in [0.25, 0.3) is 5.91 Å². The first kappa shape index (κ1) is 19.7. The highest BCUT2D eigenvalue weighted by Crippen LogP contribution is 2.32. The van der Waals surface area contributed by atoms with Crippen molar-refractivity contribution in [2.24, 2.45) is 4.99 Å². The van der Waals surface area contributed by atoms with Gasteiger partial charge in [0.15, 0.2) is 4.80 Å². The molecule has 3 aromatic rings. The van der Waals surface area contributed by atoms with Gasteiger partial charge in [-0.05, 0) is 30.3 Å². The normalized spacial score (nSPS) is 12.1. The van der Waals surface area contributed by atoms with Crippen LogP contribution in [0.5, 0.6) is 0 Å². The maximum Gasteiger partial charge on any atom is 0.279 e. The van der Waals surface area contributed by atoms with Gasteiger partial charge >= 0.3 is 0 Å². The predicted octanol–water partition coefficient (Wildman–Crippen LogP) is 5.70. The number of rotatable bonds is 4. The fourth-order valence-electron chi connectivity index (χ4n) is 2.41. The molecule has 136 valence electrons. The second-order valence-corrected chi connectivity index (χ2v) is 7.98. The largest absolute Gasteiger partial charge is 0.383 e. The third-order valence-corrected chi connectivity index (χ3v) is 5.83. The quantitative estimate of drug-likeness (QED) is 0.512. The van der Waals surface area contributed by atoms with Crippen molar-refractivity contribution in [1.82, 2.24) is 4.57 Å². The van der Waals surface area contributed by atoms with Crippen LogP contribution in [0.3, 0.4) is 0 Å². The van der Waals surface area contributed by atoms with E-state index in [1.54, 1.807) is 19.2 Å². The van der Waals surface area contributed by atoms with Crippen LogP contribution in [-0.4, -0.2) is 24.2 Å². The van der Waals surface area contributed by atoms with E-state index in [1.807, 2.05) is 10.6 Å². The number of halogens is 4. The van der Waals surface area contributed by atoms with Crippen LogP contribution in [0, 0.1) is 0 Å². The molecule has 9 heteroatoms. The molecule has 0 bridgehead atoms. The van der Waals surface area contributed by atoms with Crippen LogP contribution in [0.1, 0.15) is 10.4 Å². The average Bonchev–Trinajstić information content (AvgIpc) is 2.93. The Kier molecular flexibility index (Phi) is 6.28. The summed E-state index contributed by atoms with van der Waals surface area (Å²) in [6, 6.07) is 8.16. The number of nitrogens with zero attached hydrogens (tertiary/aromatic N) is 2. The molecule has 2 aromatic carbocycles. The molecule has 0 fully saturated rings. The summed E-state index contributed by atoms with van der Waals surface area (Å²) in [5.74, 6) is -0.450. The Balaban J connectivity index is 2.18. The molecule has 3 rings (SSSR count). The van der Waals surface area contributed by atoms with Crippen molar-refractivity contribution < 1.29 is 9.53 Å². The van der Waals surface area contributed by atoms with Crippen molar-refractivity contribution in [2.75, 3.05) is 13.7 Å². The standard InChI is InChI=1S/C17H12Cl4N2O2S/c1-25-5-4-23-15-13(3-2-12(20)14(15)21)26-17(23)22-16(24)9-6-10(18)8-11(19)7-9/h2-3,6-8H,4-5H2,1H3. The molecular formula is C17H12Cl4N2O2S. The lowest BCUT2D eigenvalue weighted by molar-refractivity contribution is 0.0997. The van der Waals surface area contributed by atoms with Gasteiger partial charge in [0.1, 0.15) is 0 Å². The van der Waals surface area contributed by atoms with E-state index in [2.05, 4.69) is 4.99 Å². The zero-order valence-electron chi connectivity index (χ0n) is 13.4. The number of carbonyl (C=O) groups is 1. The summed E-state index contributed by atoms with van der Waals surface area (Å²) in [7, 11) is 1.60. The van der Waals surface area contributed by atoms with Crippen molar-refractivity contribution in [3.63, 3.8) is 0 Å². The first-order valence-electron chi connectivity index (χ1n) is 7.42. The number of amides is 1. The number of ether oxygens (including phenoxy) is 1. The van der Waals surface area contributed by atoms with Crippen molar-refractivity contribution in [2.45, 2.75) is 6.54 Å². The topological polar surface area (TPSA) is 43.6 Å². The minimum atomic E-state index is -0.450. The van der Waals surface area contributed by atoms with Crippen molar-refractivity contribution in [3.05, 3.63) is 60.8 Å². The van der Waals surface area contributed by atoms with Crippen molar-refractivity contribution >= 4 is 73.9 Å². The summed E-state index contributed by atoms with van der Waals surface area (Å²) in [5.41, 5.74) is 1.03. The highest BCUT2D eigenvalue weighted by atomic mass is 35.5. The van der Waals surface area contributed by atoms with Gasteiger partial charge in [-0.2, -0.15) is 4.99 Å². The molecule has 0 N–H and O–H groups in total. The van der Waals surface area contributed by atoms with Gasteiger partial charge in [0.05, 0.1) is 26.9 Å². The number of methoxy groups -OCH3 is 1. The smallest absolute Gasteiger partial charge is 0.279 e. The van der Waals surface area contributed by atoms with Crippen LogP contribution in [0.15, 0.2) is 35.3 Å². The summed E-state index contributed by atoms with van der Waals surface area (Å²) in [6.07, 6.45) is 0. The van der Waals surface area contributed by atoms with E-state index >= 15 is 0 Å². The van der Waals surface area contributed by atoms with Crippen LogP contribution in [0.2, 0.25) is 20.1 Å². The Morgan fingerprint density at radius 3 is 2.50 bits per heavy atom. The maximum atomic E-state index is 12.6. The Morgan fingerprint density at radius 2 is 1.85 bits per heavy atom. The number of hydrogen-bond donors (Lipinski definition) is 0. The number of benzene rings is 2. The van der Waals surface area contributed by atoms with Crippen LogP contribution in [-0.2, 0) is 11.3 Å². The fraction of sp³-hybridized carbons (Fsp3) is 0.176. The lowest BCUT2D eigenvalue weighted by Gasteiger charge is -2.06. The van der Waals surface area contributed by atoms with Crippen LogP contribution in [0.4, 0.5) is 0 Å². The van der Waals surface area contributed by atoms with E-state index in [-0.39, 0.29) is 0 Å². The van der Waals surface area contributed by atoms with E-state index in [1.165, 1.54) is 23.5 Å². The third kappa shape index (κ3) is 4.09. The lowest BCUT2D eigenvalue weighted by Crippen LogP contribution is -2.19. The Hall–Kier alpha value is -1.08. The van der Waals surface area contributed by atoms with Gasteiger partial charge in [-0.15, -0.1) is 0 Å². The highest BCUT2D eigenvalue weighted by Gasteiger charge is 2.14. The zero-order valence-corrected chi connectivity index (χ0v) is 17.3. The predicted molar refractivity (Wildman–Crippen MR) is 108 cm³/mol. The number of hydrogen-bond acceptors (Lipinski definition) is 3. The highest BCUT2D eigenvalue weighted by molar-refractivity contribution is 7.16. The molecular weight excluding hydrogens is 438 g/mol. The zero-order chi connectivity index (χ0) is 18.8. The molecule has 0 spiro atoms. The molecule has 1 heterocycles. The van der Waals surface area contributed by atoms with Gasteiger partial charge < -0.3 is 9.30 Å². The van der Waals surface area contributed by atoms with Gasteiger partial charge in [-0.1, -0.05) is 57.7 Å². The summed E-state index contributed by atoms with van der Waals surface area (Å²) >= 11 is 25.8. The van der Waals surface area contributed by atoms with E-state index in [4.69, 9.17) is 51.1 Å². The van der Waals surface area contributed by atoms with Crippen LogP contribution >= 0.6 is 57.7 Å². The first-order valence-corrected chi connectivity index (χ1v) is 9.75. The van der Waals surface area contributed by atoms with Gasteiger partial charge in [0, 0.05) is 29.3 Å². The third-order valence-electron chi connectivity index (χ3n) is 3.56. The minimum Gasteiger partial charge on any atom is -0.383 e. The minimum absolute atomic E-state index is 0.308. The molecule has 4 nitrogen and oxygen atoms in total. The average molecular weight is 450 g/mol. The molecule has 1 aromatic heterocycles. The Labute approximate surface area is 173 Å². The van der Waals surface area contributed by atoms with Crippen LogP contribution in [0.25, 0.3) is 10.2 Å². The Morgan fingerprint density at radius 1 is 1.15 bits per heavy atom. The second-order valence-electron chi connectivity index (χ2n) is 5.31. The van der Waals surface area contributed by atoms with Gasteiger partial charge in [-0.3, -0.25) is 4.79 Å². The SMILES string of the molecule is COCCn1c(=NC(=O)c2cc(Cl)cc(Cl)c2)sc2ccc(Cl)c(Cl)c21. The van der Waals surface area contributed by atoms with Gasteiger partial charge in [-0.25, -0.2) is 0 Å². The summed E-state index contributed by atoms with van der Waals surface area (Å²) < 4.78 is 7.84. The van der Waals surface area contributed by atoms with E-state index < -0.39 is 5.91 Å². The number of fused-ring (bicyclic) bond motifs is 1. The molecule has 1 amide bonds. The van der Waals surface area contributed by atoms with Crippen LogP contribution < -0.4 is 4.80 Å². The number of carbonyl (C=O) groups excluding carboxylic acids is 1. The monoisotopic (exact) mass is 448 g/mol. The van der Waals surface area contributed by atoms with Gasteiger partial charge in [0.2, 0.25) is 0 Å². The first-order chi connectivity index (χ1) is 12.4. The molecule has 0 radical (unpaired) electrons. The molecule has 26 heavy (non-hydrogen) atoms. The molecule has 0 aliphatic carbocycles. The molecule has 0 aliphatic heterocycles.